The van der Waals surface area contributed by atoms with Crippen molar-refractivity contribution in [3.05, 3.63) is 40.4 Å². The highest BCUT2D eigenvalue weighted by Crippen LogP contribution is 2.09. The smallest absolute Gasteiger partial charge is 0.305 e. The Morgan fingerprint density at radius 2 is 2.23 bits per heavy atom. The Morgan fingerprint density at radius 3 is 3.00 bits per heavy atom. The van der Waals surface area contributed by atoms with Crippen LogP contribution in [0.2, 0.25) is 0 Å². The number of nitrogens with one attached hydrogen (secondary N) is 1. The predicted octanol–water partition coefficient (Wildman–Crippen LogP) is 0.736. The number of carbonyl (C=O) groups excluding carboxylic acids is 1. The van der Waals surface area contributed by atoms with Crippen LogP contribution in [0, 0.1) is 0 Å². The number of hydrogen-bond acceptors (Lipinski definition) is 3. The van der Waals surface area contributed by atoms with Crippen LogP contribution in [0.15, 0.2) is 29.2 Å². The molecule has 0 fully saturated rings. The average molecular weight is 174 g/mol. The molecule has 1 N–H and O–H groups in total. The summed E-state index contributed by atoms with van der Waals surface area (Å²) >= 11 is 0. The molecule has 0 radical (unpaired) electrons. The van der Waals surface area contributed by atoms with Gasteiger partial charge >= 0.3 is 5.69 Å². The molecule has 4 nitrogen and oxygen atoms in total. The van der Waals surface area contributed by atoms with Crippen molar-refractivity contribution < 1.29 is 4.79 Å². The zero-order valence-corrected chi connectivity index (χ0v) is 6.65. The summed E-state index contributed by atoms with van der Waals surface area (Å²) < 4.78 is 0. The van der Waals surface area contributed by atoms with Gasteiger partial charge in [0, 0.05) is 17.1 Å². The van der Waals surface area contributed by atoms with Gasteiger partial charge in [0.15, 0.2) is 0 Å². The quantitative estimate of drug-likeness (QED) is 0.648. The lowest BCUT2D eigenvalue weighted by molar-refractivity contribution is 0.112. The van der Waals surface area contributed by atoms with Crippen LogP contribution in [-0.4, -0.2) is 16.3 Å². The summed E-state index contributed by atoms with van der Waals surface area (Å²) in [4.78, 5) is 27.3. The zero-order chi connectivity index (χ0) is 9.26. The van der Waals surface area contributed by atoms with Gasteiger partial charge in [-0.1, -0.05) is 0 Å². The molecule has 0 aliphatic rings. The van der Waals surface area contributed by atoms with E-state index in [4.69, 9.17) is 0 Å². The molecule has 0 bridgehead atoms. The number of carbonyl (C=O) groups is 1. The van der Waals surface area contributed by atoms with E-state index in [0.717, 1.165) is 11.7 Å². The summed E-state index contributed by atoms with van der Waals surface area (Å²) in [5, 5.41) is 0.754. The van der Waals surface area contributed by atoms with Crippen molar-refractivity contribution >= 4 is 17.2 Å². The Bertz CT molecular complexity index is 516. The van der Waals surface area contributed by atoms with Crippen LogP contribution in [0.1, 0.15) is 10.4 Å². The molecule has 1 aromatic carbocycles. The minimum absolute atomic E-state index is 0.383. The molecule has 0 spiro atoms. The maximum absolute atomic E-state index is 10.8. The highest BCUT2D eigenvalue weighted by Gasteiger charge is 1.96. The fourth-order valence-corrected chi connectivity index (χ4v) is 1.15. The topological polar surface area (TPSA) is 62.8 Å². The van der Waals surface area contributed by atoms with Gasteiger partial charge in [-0.25, -0.2) is 9.78 Å². The molecule has 0 saturated carbocycles. The van der Waals surface area contributed by atoms with Gasteiger partial charge < -0.3 is 4.98 Å². The number of aromatic amines is 1. The second kappa shape index (κ2) is 2.82. The first-order valence-electron chi connectivity index (χ1n) is 3.74. The van der Waals surface area contributed by atoms with Gasteiger partial charge in [-0.05, 0) is 18.2 Å². The summed E-state index contributed by atoms with van der Waals surface area (Å²) in [6, 6.07) is 5.00. The molecule has 1 heterocycles. The molecule has 0 atom stereocenters. The van der Waals surface area contributed by atoms with Crippen molar-refractivity contribution in [3.8, 4) is 0 Å². The third kappa shape index (κ3) is 1.33. The second-order valence-electron chi connectivity index (χ2n) is 2.65. The molecule has 2 aromatic rings. The fraction of sp³-hybridized carbons (Fsp3) is 0. The van der Waals surface area contributed by atoms with Crippen LogP contribution >= 0.6 is 0 Å². The number of benzene rings is 1. The number of rotatable bonds is 1. The van der Waals surface area contributed by atoms with Gasteiger partial charge in [-0.15, -0.1) is 0 Å². The number of aldehydes is 1. The predicted molar refractivity (Wildman–Crippen MR) is 47.8 cm³/mol. The van der Waals surface area contributed by atoms with Gasteiger partial charge in [0.1, 0.15) is 6.29 Å². The highest BCUT2D eigenvalue weighted by atomic mass is 16.1. The molecule has 64 valence electrons. The number of H-pyrrole nitrogens is 1. The largest absolute Gasteiger partial charge is 0.345 e. The van der Waals surface area contributed by atoms with E-state index in [1.165, 1.54) is 6.20 Å². The first-order chi connectivity index (χ1) is 6.29. The van der Waals surface area contributed by atoms with Gasteiger partial charge in [-0.3, -0.25) is 4.79 Å². The lowest BCUT2D eigenvalue weighted by atomic mass is 10.2. The third-order valence-electron chi connectivity index (χ3n) is 1.77. The van der Waals surface area contributed by atoms with Crippen LogP contribution in [0.25, 0.3) is 10.9 Å². The molecule has 0 aliphatic carbocycles. The fourth-order valence-electron chi connectivity index (χ4n) is 1.15. The molecule has 4 heteroatoms. The van der Waals surface area contributed by atoms with E-state index in [2.05, 4.69) is 9.97 Å². The maximum atomic E-state index is 10.8. The van der Waals surface area contributed by atoms with Gasteiger partial charge in [0.05, 0.1) is 5.52 Å². The van der Waals surface area contributed by atoms with Crippen molar-refractivity contribution in [1.29, 1.82) is 0 Å². The zero-order valence-electron chi connectivity index (χ0n) is 6.65. The Hall–Kier alpha value is -1.97. The Morgan fingerprint density at radius 1 is 1.38 bits per heavy atom. The van der Waals surface area contributed by atoms with Crippen LogP contribution in [-0.2, 0) is 0 Å². The molecule has 0 amide bonds. The Balaban J connectivity index is 2.80. The monoisotopic (exact) mass is 174 g/mol. The molecule has 1 aromatic heterocycles. The van der Waals surface area contributed by atoms with Crippen molar-refractivity contribution in [2.45, 2.75) is 0 Å². The lowest BCUT2D eigenvalue weighted by Crippen LogP contribution is -2.08. The second-order valence-corrected chi connectivity index (χ2v) is 2.65. The summed E-state index contributed by atoms with van der Waals surface area (Å²) in [5.41, 5.74) is 0.873. The summed E-state index contributed by atoms with van der Waals surface area (Å²) in [6.45, 7) is 0. The van der Waals surface area contributed by atoms with Gasteiger partial charge in [-0.2, -0.15) is 0 Å². The molecular formula is C9H6N2O2. The van der Waals surface area contributed by atoms with E-state index in [-0.39, 0.29) is 5.69 Å². The lowest BCUT2D eigenvalue weighted by Gasteiger charge is -1.95. The first-order valence-corrected chi connectivity index (χ1v) is 3.74. The van der Waals surface area contributed by atoms with Gasteiger partial charge in [0.2, 0.25) is 0 Å². The summed E-state index contributed by atoms with van der Waals surface area (Å²) in [6.07, 6.45) is 2.20. The number of aromatic nitrogens is 2. The SMILES string of the molecule is O=Cc1ccc2[nH]c(=O)ncc2c1. The Kier molecular flexibility index (Phi) is 1.66. The van der Waals surface area contributed by atoms with E-state index in [9.17, 15) is 9.59 Å². The molecule has 13 heavy (non-hydrogen) atoms. The molecule has 0 unspecified atom stereocenters. The van der Waals surface area contributed by atoms with Crippen molar-refractivity contribution in [2.75, 3.05) is 0 Å². The van der Waals surface area contributed by atoms with Gasteiger partial charge in [0.25, 0.3) is 0 Å². The van der Waals surface area contributed by atoms with E-state index in [1.807, 2.05) is 0 Å². The summed E-state index contributed by atoms with van der Waals surface area (Å²) in [7, 11) is 0. The maximum Gasteiger partial charge on any atom is 0.345 e. The number of nitrogens with zero attached hydrogens (tertiary/aromatic N) is 1. The molecule has 0 aliphatic heterocycles. The number of hydrogen-bond donors (Lipinski definition) is 1. The van der Waals surface area contributed by atoms with E-state index in [1.54, 1.807) is 18.2 Å². The van der Waals surface area contributed by atoms with E-state index >= 15 is 0 Å². The minimum Gasteiger partial charge on any atom is -0.305 e. The van der Waals surface area contributed by atoms with Crippen LogP contribution in [0.5, 0.6) is 0 Å². The number of fused-ring (bicyclic) bond motifs is 1. The normalized spacial score (nSPS) is 10.2. The first kappa shape index (κ1) is 7.67. The van der Waals surface area contributed by atoms with Crippen molar-refractivity contribution in [1.82, 2.24) is 9.97 Å². The van der Waals surface area contributed by atoms with Crippen LogP contribution in [0.3, 0.4) is 0 Å². The van der Waals surface area contributed by atoms with Crippen LogP contribution < -0.4 is 5.69 Å². The third-order valence-corrected chi connectivity index (χ3v) is 1.77. The van der Waals surface area contributed by atoms with E-state index in [0.29, 0.717) is 11.1 Å². The highest BCUT2D eigenvalue weighted by molar-refractivity contribution is 5.85. The molecule has 0 saturated heterocycles. The Labute approximate surface area is 73.2 Å². The van der Waals surface area contributed by atoms with Crippen molar-refractivity contribution in [3.63, 3.8) is 0 Å². The average Bonchev–Trinajstić information content (AvgIpc) is 2.17. The standard InChI is InChI=1S/C9H6N2O2/c12-5-6-1-2-8-7(3-6)4-10-9(13)11-8/h1-5H,(H,10,11,13). The van der Waals surface area contributed by atoms with Crippen molar-refractivity contribution in [2.24, 2.45) is 0 Å². The minimum atomic E-state index is -0.383. The summed E-state index contributed by atoms with van der Waals surface area (Å²) in [5.74, 6) is 0. The van der Waals surface area contributed by atoms with Crippen LogP contribution in [0.4, 0.5) is 0 Å². The molecular weight excluding hydrogens is 168 g/mol. The van der Waals surface area contributed by atoms with E-state index < -0.39 is 0 Å². The molecule has 2 rings (SSSR count).